The van der Waals surface area contributed by atoms with E-state index in [9.17, 15) is 18.0 Å². The maximum atomic E-state index is 12.2. The average molecular weight is 316 g/mol. The lowest BCUT2D eigenvalue weighted by Crippen LogP contribution is -2.41. The zero-order valence-electron chi connectivity index (χ0n) is 10.8. The number of nitrogens with one attached hydrogen (secondary N) is 2. The van der Waals surface area contributed by atoms with Gasteiger partial charge in [0.05, 0.1) is 12.7 Å². The Bertz CT molecular complexity index is 686. The Labute approximate surface area is 119 Å². The van der Waals surface area contributed by atoms with Crippen molar-refractivity contribution in [1.82, 2.24) is 10.2 Å². The lowest BCUT2D eigenvalue weighted by molar-refractivity contribution is -0.124. The molecule has 0 radical (unpaired) electrons. The van der Waals surface area contributed by atoms with Crippen molar-refractivity contribution < 1.29 is 32.7 Å². The lowest BCUT2D eigenvalue weighted by Gasteiger charge is -2.13. The van der Waals surface area contributed by atoms with Gasteiger partial charge in [-0.2, -0.15) is 4.72 Å². The quantitative estimate of drug-likeness (QED) is 0.641. The van der Waals surface area contributed by atoms with Gasteiger partial charge in [0.1, 0.15) is 23.3 Å². The number of methoxy groups -OCH3 is 1. The summed E-state index contributed by atoms with van der Waals surface area (Å²) in [6.45, 7) is -0.145. The molecule has 0 bridgehead atoms. The highest BCUT2D eigenvalue weighted by Gasteiger charge is 2.32. The lowest BCUT2D eigenvalue weighted by atomic mass is 10.2. The highest BCUT2D eigenvalue weighted by molar-refractivity contribution is 7.89. The van der Waals surface area contributed by atoms with E-state index in [0.29, 0.717) is 0 Å². The average Bonchev–Trinajstić information content (AvgIpc) is 2.82. The number of aromatic carboxylic acids is 1. The van der Waals surface area contributed by atoms with Crippen LogP contribution in [0.5, 0.6) is 5.75 Å². The number of sulfonamides is 1. The molecular formula is C11H12N2O7S. The summed E-state index contributed by atoms with van der Waals surface area (Å²) < 4.78 is 31.5. The molecule has 1 heterocycles. The molecule has 1 amide bonds. The minimum Gasteiger partial charge on any atom is -0.495 e. The number of rotatable bonds is 5. The van der Waals surface area contributed by atoms with Gasteiger partial charge >= 0.3 is 5.97 Å². The fourth-order valence-corrected chi connectivity index (χ4v) is 3.03. The maximum Gasteiger partial charge on any atom is 0.335 e. The molecule has 0 spiro atoms. The summed E-state index contributed by atoms with van der Waals surface area (Å²) in [7, 11) is -2.86. The number of hydrogen-bond donors (Lipinski definition) is 3. The molecule has 10 heteroatoms. The number of carbonyl (C=O) groups excluding carboxylic acids is 1. The molecule has 0 saturated carbocycles. The Balaban J connectivity index is 2.35. The number of carboxylic acid groups (broad SMARTS) is 1. The largest absolute Gasteiger partial charge is 0.495 e. The van der Waals surface area contributed by atoms with Crippen LogP contribution in [0, 0.1) is 0 Å². The van der Waals surface area contributed by atoms with Crippen LogP contribution < -0.4 is 14.9 Å². The van der Waals surface area contributed by atoms with Crippen LogP contribution in [0.2, 0.25) is 0 Å². The van der Waals surface area contributed by atoms with Crippen LogP contribution >= 0.6 is 0 Å². The molecule has 0 aliphatic carbocycles. The van der Waals surface area contributed by atoms with Crippen LogP contribution in [0.25, 0.3) is 0 Å². The molecule has 2 rings (SSSR count). The standard InChI is InChI=1S/C11H12N2O7S/c1-19-8-4-6(11(15)16)2-3-9(8)21(17,18)13-7-5-20-12-10(7)14/h2-4,7,13H,5H2,1H3,(H,12,14)(H,15,16)/t7-/m1/s1. The van der Waals surface area contributed by atoms with Gasteiger partial charge in [0.25, 0.3) is 5.91 Å². The van der Waals surface area contributed by atoms with Gasteiger partial charge < -0.3 is 9.84 Å². The van der Waals surface area contributed by atoms with E-state index >= 15 is 0 Å². The summed E-state index contributed by atoms with van der Waals surface area (Å²) in [5, 5.41) is 8.87. The molecule has 1 aromatic carbocycles. The van der Waals surface area contributed by atoms with E-state index < -0.39 is 27.9 Å². The van der Waals surface area contributed by atoms with Crippen LogP contribution in [-0.4, -0.2) is 45.2 Å². The van der Waals surface area contributed by atoms with Crippen molar-refractivity contribution in [2.24, 2.45) is 0 Å². The second kappa shape index (κ2) is 5.68. The van der Waals surface area contributed by atoms with Crippen LogP contribution in [0.15, 0.2) is 23.1 Å². The molecule has 1 fully saturated rings. The molecule has 114 valence electrons. The van der Waals surface area contributed by atoms with Crippen LogP contribution in [-0.2, 0) is 19.7 Å². The number of amides is 1. The summed E-state index contributed by atoms with van der Waals surface area (Å²) in [5.74, 6) is -1.96. The van der Waals surface area contributed by atoms with Crippen molar-refractivity contribution in [2.45, 2.75) is 10.9 Å². The molecule has 1 aliphatic rings. The van der Waals surface area contributed by atoms with Gasteiger partial charge in [-0.15, -0.1) is 0 Å². The number of hydrogen-bond acceptors (Lipinski definition) is 6. The van der Waals surface area contributed by atoms with Gasteiger partial charge in [-0.05, 0) is 18.2 Å². The summed E-state index contributed by atoms with van der Waals surface area (Å²) in [4.78, 5) is 26.5. The fourth-order valence-electron chi connectivity index (χ4n) is 1.70. The number of carboxylic acids is 1. The Morgan fingerprint density at radius 2 is 2.24 bits per heavy atom. The molecule has 0 unspecified atom stereocenters. The van der Waals surface area contributed by atoms with Crippen molar-refractivity contribution in [2.75, 3.05) is 13.7 Å². The van der Waals surface area contributed by atoms with Crippen molar-refractivity contribution in [3.8, 4) is 5.75 Å². The Morgan fingerprint density at radius 3 is 2.76 bits per heavy atom. The Morgan fingerprint density at radius 1 is 1.52 bits per heavy atom. The van der Waals surface area contributed by atoms with Crippen LogP contribution in [0.4, 0.5) is 0 Å². The molecule has 0 aromatic heterocycles. The third-order valence-electron chi connectivity index (χ3n) is 2.74. The first-order valence-corrected chi connectivity index (χ1v) is 7.19. The Hall–Kier alpha value is -2.17. The molecule has 1 saturated heterocycles. The van der Waals surface area contributed by atoms with Crippen LogP contribution in [0.1, 0.15) is 10.4 Å². The molecule has 3 N–H and O–H groups in total. The van der Waals surface area contributed by atoms with E-state index in [-0.39, 0.29) is 22.8 Å². The first-order valence-electron chi connectivity index (χ1n) is 5.70. The van der Waals surface area contributed by atoms with E-state index in [1.54, 1.807) is 0 Å². The van der Waals surface area contributed by atoms with Crippen molar-refractivity contribution in [1.29, 1.82) is 0 Å². The predicted molar refractivity (Wildman–Crippen MR) is 68.2 cm³/mol. The minimum absolute atomic E-state index is 0.118. The van der Waals surface area contributed by atoms with Crippen LogP contribution in [0.3, 0.4) is 0 Å². The first kappa shape index (κ1) is 15.2. The maximum absolute atomic E-state index is 12.2. The van der Waals surface area contributed by atoms with E-state index in [4.69, 9.17) is 9.84 Å². The van der Waals surface area contributed by atoms with Gasteiger partial charge in [-0.25, -0.2) is 18.7 Å². The van der Waals surface area contributed by atoms with Gasteiger partial charge in [0, 0.05) is 0 Å². The second-order valence-electron chi connectivity index (χ2n) is 4.12. The van der Waals surface area contributed by atoms with Crippen molar-refractivity contribution in [3.05, 3.63) is 23.8 Å². The second-order valence-corrected chi connectivity index (χ2v) is 5.80. The zero-order valence-corrected chi connectivity index (χ0v) is 11.6. The normalized spacial score (nSPS) is 18.3. The number of carbonyl (C=O) groups is 2. The summed E-state index contributed by atoms with van der Waals surface area (Å²) in [6.07, 6.45) is 0. The fraction of sp³-hybridized carbons (Fsp3) is 0.273. The number of ether oxygens (including phenoxy) is 1. The van der Waals surface area contributed by atoms with E-state index in [2.05, 4.69) is 9.56 Å². The van der Waals surface area contributed by atoms with Crippen molar-refractivity contribution >= 4 is 21.9 Å². The molecule has 1 atom stereocenters. The summed E-state index contributed by atoms with van der Waals surface area (Å²) in [5.41, 5.74) is 1.90. The SMILES string of the molecule is COc1cc(C(=O)O)ccc1S(=O)(=O)N[C@@H]1CONC1=O. The highest BCUT2D eigenvalue weighted by Crippen LogP contribution is 2.25. The van der Waals surface area contributed by atoms with E-state index in [1.807, 2.05) is 5.48 Å². The van der Waals surface area contributed by atoms with Gasteiger partial charge in [-0.1, -0.05) is 0 Å². The highest BCUT2D eigenvalue weighted by atomic mass is 32.2. The monoisotopic (exact) mass is 316 g/mol. The molecular weight excluding hydrogens is 304 g/mol. The smallest absolute Gasteiger partial charge is 0.335 e. The van der Waals surface area contributed by atoms with Crippen molar-refractivity contribution in [3.63, 3.8) is 0 Å². The van der Waals surface area contributed by atoms with Gasteiger partial charge in [0.2, 0.25) is 10.0 Å². The predicted octanol–water partition coefficient (Wildman–Crippen LogP) is -0.898. The van der Waals surface area contributed by atoms with Gasteiger partial charge in [0.15, 0.2) is 0 Å². The molecule has 21 heavy (non-hydrogen) atoms. The Kier molecular flexibility index (Phi) is 4.11. The third kappa shape index (κ3) is 3.12. The minimum atomic E-state index is -4.07. The summed E-state index contributed by atoms with van der Waals surface area (Å²) in [6, 6.07) is 2.25. The third-order valence-corrected chi connectivity index (χ3v) is 4.25. The molecule has 1 aliphatic heterocycles. The van der Waals surface area contributed by atoms with E-state index in [1.165, 1.54) is 7.11 Å². The number of benzene rings is 1. The molecule has 9 nitrogen and oxygen atoms in total. The van der Waals surface area contributed by atoms with Gasteiger partial charge in [-0.3, -0.25) is 9.63 Å². The number of hydroxylamine groups is 1. The molecule has 1 aromatic rings. The first-order chi connectivity index (χ1) is 9.85. The van der Waals surface area contributed by atoms with E-state index in [0.717, 1.165) is 18.2 Å². The zero-order chi connectivity index (χ0) is 15.6. The summed E-state index contributed by atoms with van der Waals surface area (Å²) >= 11 is 0. The topological polar surface area (TPSA) is 131 Å².